The Kier molecular flexibility index (Phi) is 5.80. The molecule has 1 atom stereocenters. The first-order valence-corrected chi connectivity index (χ1v) is 11.0. The number of fused-ring (bicyclic) bond motifs is 1. The molecule has 4 rings (SSSR count). The van der Waals surface area contributed by atoms with Crippen LogP contribution in [0.4, 0.5) is 10.6 Å². The highest BCUT2D eigenvalue weighted by Gasteiger charge is 2.26. The fraction of sp³-hybridized carbons (Fsp3) is 0.478. The summed E-state index contributed by atoms with van der Waals surface area (Å²) in [7, 11) is 0. The Balaban J connectivity index is 1.61. The third kappa shape index (κ3) is 4.06. The van der Waals surface area contributed by atoms with E-state index in [-0.39, 0.29) is 12.1 Å². The van der Waals surface area contributed by atoms with E-state index in [0.29, 0.717) is 26.2 Å². The van der Waals surface area contributed by atoms with Gasteiger partial charge in [-0.1, -0.05) is 24.6 Å². The number of amides is 2. The lowest BCUT2D eigenvalue weighted by Crippen LogP contribution is -2.53. The average molecular weight is 422 g/mol. The molecule has 0 bridgehead atoms. The zero-order valence-corrected chi connectivity index (χ0v) is 19.0. The van der Waals surface area contributed by atoms with Crippen molar-refractivity contribution in [2.75, 3.05) is 31.1 Å². The van der Waals surface area contributed by atoms with Gasteiger partial charge in [0.25, 0.3) is 0 Å². The molecule has 2 aromatic heterocycles. The molecule has 8 nitrogen and oxygen atoms in total. The number of hydrogen-bond acceptors (Lipinski definition) is 5. The van der Waals surface area contributed by atoms with E-state index in [2.05, 4.69) is 65.5 Å². The van der Waals surface area contributed by atoms with Gasteiger partial charge < -0.3 is 15.1 Å². The lowest BCUT2D eigenvalue weighted by Gasteiger charge is -2.35. The summed E-state index contributed by atoms with van der Waals surface area (Å²) >= 11 is 0. The quantitative estimate of drug-likeness (QED) is 0.699. The monoisotopic (exact) mass is 421 g/mol. The number of urea groups is 1. The zero-order valence-electron chi connectivity index (χ0n) is 19.0. The second kappa shape index (κ2) is 8.53. The molecule has 0 radical (unpaired) electrons. The highest BCUT2D eigenvalue weighted by atomic mass is 16.2. The molecule has 1 saturated heterocycles. The Hall–Kier alpha value is -3.16. The first-order chi connectivity index (χ1) is 14.9. The van der Waals surface area contributed by atoms with Crippen LogP contribution in [0.2, 0.25) is 0 Å². The Bertz CT molecular complexity index is 1080. The normalized spacial score (nSPS) is 15.4. The smallest absolute Gasteiger partial charge is 0.317 e. The molecule has 0 unspecified atom stereocenters. The minimum atomic E-state index is 0.00799. The topological polar surface area (TPSA) is 79.2 Å². The van der Waals surface area contributed by atoms with Gasteiger partial charge in [-0.3, -0.25) is 0 Å². The predicted molar refractivity (Wildman–Crippen MR) is 123 cm³/mol. The first-order valence-electron chi connectivity index (χ1n) is 11.0. The maximum atomic E-state index is 12.4. The average Bonchev–Trinajstić information content (AvgIpc) is 3.12. The molecule has 31 heavy (non-hydrogen) atoms. The van der Waals surface area contributed by atoms with E-state index >= 15 is 0 Å². The number of hydrogen-bond donors (Lipinski definition) is 1. The number of benzene rings is 1. The van der Waals surface area contributed by atoms with Gasteiger partial charge in [0, 0.05) is 32.2 Å². The lowest BCUT2D eigenvalue weighted by molar-refractivity contribution is 0.190. The number of nitrogens with one attached hydrogen (secondary N) is 1. The molecule has 1 aliphatic rings. The Morgan fingerprint density at radius 2 is 1.74 bits per heavy atom. The summed E-state index contributed by atoms with van der Waals surface area (Å²) in [5, 5.41) is 18.0. The van der Waals surface area contributed by atoms with Gasteiger partial charge in [-0.2, -0.15) is 10.2 Å². The van der Waals surface area contributed by atoms with Crippen LogP contribution in [0.25, 0.3) is 16.6 Å². The molecule has 8 heteroatoms. The highest BCUT2D eigenvalue weighted by molar-refractivity contribution is 5.92. The summed E-state index contributed by atoms with van der Waals surface area (Å²) in [6.45, 7) is 12.9. The van der Waals surface area contributed by atoms with E-state index in [0.717, 1.165) is 40.2 Å². The number of rotatable bonds is 4. The number of aryl methyl sites for hydroxylation is 3. The Morgan fingerprint density at radius 3 is 2.39 bits per heavy atom. The second-order valence-electron chi connectivity index (χ2n) is 8.40. The van der Waals surface area contributed by atoms with Crippen LogP contribution in [0.5, 0.6) is 0 Å². The Labute approximate surface area is 183 Å². The van der Waals surface area contributed by atoms with Crippen LogP contribution in [-0.4, -0.2) is 63.1 Å². The third-order valence-corrected chi connectivity index (χ3v) is 6.11. The molecule has 1 fully saturated rings. The van der Waals surface area contributed by atoms with Crippen molar-refractivity contribution in [1.82, 2.24) is 30.2 Å². The van der Waals surface area contributed by atoms with Crippen LogP contribution in [0.1, 0.15) is 37.2 Å². The molecule has 164 valence electrons. The standard InChI is InChI=1S/C23H31N7O/c1-6-16(3)24-23(31)29-13-11-28(12-14-29)22-21-20(17(4)25-26-22)18(5)30(27-21)19-9-7-15(2)8-10-19/h7-10,16H,6,11-14H2,1-5H3,(H,24,31)/t16-/m1/s1. The van der Waals surface area contributed by atoms with E-state index in [1.165, 1.54) is 5.56 Å². The van der Waals surface area contributed by atoms with Crippen molar-refractivity contribution in [3.8, 4) is 5.69 Å². The number of carbonyl (C=O) groups is 1. The van der Waals surface area contributed by atoms with Crippen molar-refractivity contribution in [1.29, 1.82) is 0 Å². The van der Waals surface area contributed by atoms with Crippen LogP contribution in [0, 0.1) is 20.8 Å². The second-order valence-corrected chi connectivity index (χ2v) is 8.40. The fourth-order valence-electron chi connectivity index (χ4n) is 3.99. The van der Waals surface area contributed by atoms with Gasteiger partial charge in [-0.25, -0.2) is 9.48 Å². The molecule has 1 N–H and O–H groups in total. The molecule has 3 heterocycles. The molecule has 1 aromatic carbocycles. The number of piperazine rings is 1. The maximum absolute atomic E-state index is 12.4. The molecule has 0 spiro atoms. The summed E-state index contributed by atoms with van der Waals surface area (Å²) in [5.41, 5.74) is 5.04. The summed E-state index contributed by atoms with van der Waals surface area (Å²) in [6, 6.07) is 8.54. The minimum absolute atomic E-state index is 0.00799. The largest absolute Gasteiger partial charge is 0.350 e. The van der Waals surface area contributed by atoms with Gasteiger partial charge in [0.1, 0.15) is 5.52 Å². The van der Waals surface area contributed by atoms with Crippen molar-refractivity contribution < 1.29 is 4.79 Å². The minimum Gasteiger partial charge on any atom is -0.350 e. The van der Waals surface area contributed by atoms with Crippen molar-refractivity contribution in [3.63, 3.8) is 0 Å². The van der Waals surface area contributed by atoms with Gasteiger partial charge in [0.2, 0.25) is 0 Å². The number of carbonyl (C=O) groups excluding carboxylic acids is 1. The van der Waals surface area contributed by atoms with Gasteiger partial charge in [-0.05, 0) is 46.2 Å². The molecular formula is C23H31N7O. The van der Waals surface area contributed by atoms with Crippen LogP contribution < -0.4 is 10.2 Å². The molecule has 3 aromatic rings. The predicted octanol–water partition coefficient (Wildman–Crippen LogP) is 3.37. The molecule has 0 saturated carbocycles. The van der Waals surface area contributed by atoms with E-state index in [1.807, 2.05) is 23.4 Å². The molecule has 0 aliphatic carbocycles. The summed E-state index contributed by atoms with van der Waals surface area (Å²) in [5.74, 6) is 0.788. The summed E-state index contributed by atoms with van der Waals surface area (Å²) < 4.78 is 1.97. The molecule has 2 amide bonds. The fourth-order valence-corrected chi connectivity index (χ4v) is 3.99. The summed E-state index contributed by atoms with van der Waals surface area (Å²) in [4.78, 5) is 16.5. The van der Waals surface area contributed by atoms with Gasteiger partial charge >= 0.3 is 6.03 Å². The van der Waals surface area contributed by atoms with Gasteiger partial charge in [0.05, 0.1) is 22.5 Å². The van der Waals surface area contributed by atoms with E-state index in [4.69, 9.17) is 5.10 Å². The summed E-state index contributed by atoms with van der Waals surface area (Å²) in [6.07, 6.45) is 0.922. The van der Waals surface area contributed by atoms with Crippen molar-refractivity contribution >= 4 is 22.8 Å². The Morgan fingerprint density at radius 1 is 1.06 bits per heavy atom. The first kappa shape index (κ1) is 21.1. The van der Waals surface area contributed by atoms with E-state index in [9.17, 15) is 4.79 Å². The van der Waals surface area contributed by atoms with Crippen molar-refractivity contribution in [2.45, 2.75) is 47.1 Å². The van der Waals surface area contributed by atoms with Crippen LogP contribution in [0.3, 0.4) is 0 Å². The van der Waals surface area contributed by atoms with Crippen molar-refractivity contribution in [2.24, 2.45) is 0 Å². The zero-order chi connectivity index (χ0) is 22.1. The van der Waals surface area contributed by atoms with E-state index in [1.54, 1.807) is 0 Å². The highest BCUT2D eigenvalue weighted by Crippen LogP contribution is 2.29. The molecular weight excluding hydrogens is 390 g/mol. The van der Waals surface area contributed by atoms with E-state index < -0.39 is 0 Å². The van der Waals surface area contributed by atoms with Gasteiger partial charge in [0.15, 0.2) is 5.82 Å². The van der Waals surface area contributed by atoms with Crippen molar-refractivity contribution in [3.05, 3.63) is 41.2 Å². The third-order valence-electron chi connectivity index (χ3n) is 6.11. The SMILES string of the molecule is CC[C@@H](C)NC(=O)N1CCN(c2nnc(C)c3c(C)n(-c4ccc(C)cc4)nc23)CC1. The number of aromatic nitrogens is 4. The van der Waals surface area contributed by atoms with Crippen LogP contribution in [-0.2, 0) is 0 Å². The molecule has 1 aliphatic heterocycles. The lowest BCUT2D eigenvalue weighted by atomic mass is 10.2. The van der Waals surface area contributed by atoms with Gasteiger partial charge in [-0.15, -0.1) is 5.10 Å². The number of anilines is 1. The number of nitrogens with zero attached hydrogens (tertiary/aromatic N) is 6. The van der Waals surface area contributed by atoms with Crippen LogP contribution in [0.15, 0.2) is 24.3 Å². The van der Waals surface area contributed by atoms with Crippen LogP contribution >= 0.6 is 0 Å². The maximum Gasteiger partial charge on any atom is 0.317 e.